The number of benzene rings is 1. The minimum Gasteiger partial charge on any atom is -0.321 e. The molecule has 1 atom stereocenters. The Kier molecular flexibility index (Phi) is 3.76. The summed E-state index contributed by atoms with van der Waals surface area (Å²) < 4.78 is 0. The highest BCUT2D eigenvalue weighted by Gasteiger charge is 2.24. The van der Waals surface area contributed by atoms with Gasteiger partial charge in [-0.2, -0.15) is 0 Å². The number of nitrogens with one attached hydrogen (secondary N) is 1. The fourth-order valence-electron chi connectivity index (χ4n) is 2.78. The second-order valence-electron chi connectivity index (χ2n) is 5.44. The molecule has 0 spiro atoms. The summed E-state index contributed by atoms with van der Waals surface area (Å²) in [6, 6.07) is 9.00. The number of nitrogens with zero attached hydrogens (tertiary/aromatic N) is 2. The molecular weight excluding hydrogens is 266 g/mol. The maximum Gasteiger partial charge on any atom is 0.190 e. The van der Waals surface area contributed by atoms with E-state index in [9.17, 15) is 0 Å². The van der Waals surface area contributed by atoms with Gasteiger partial charge in [-0.15, -0.1) is 11.3 Å². The van der Waals surface area contributed by atoms with Crippen LogP contribution in [0.5, 0.6) is 0 Å². The van der Waals surface area contributed by atoms with E-state index in [1.807, 2.05) is 18.4 Å². The lowest BCUT2D eigenvalue weighted by molar-refractivity contribution is 0.490. The van der Waals surface area contributed by atoms with Crippen LogP contribution in [0, 0.1) is 6.92 Å². The molecule has 1 aliphatic rings. The summed E-state index contributed by atoms with van der Waals surface area (Å²) in [5, 5.41) is 4.49. The molecule has 1 N–H and O–H groups in total. The normalized spacial score (nSPS) is 17.9. The molecule has 2 aromatic rings. The Labute approximate surface area is 124 Å². The summed E-state index contributed by atoms with van der Waals surface area (Å²) in [5.74, 6) is 0. The van der Waals surface area contributed by atoms with Crippen molar-refractivity contribution in [2.75, 3.05) is 19.0 Å². The molecule has 1 unspecified atom stereocenters. The largest absolute Gasteiger partial charge is 0.321 e. The Morgan fingerprint density at radius 2 is 2.25 bits per heavy atom. The SMILES string of the molecule is CNC1CCCc2sc(N(C)c3cccc(C)c3)nc21. The van der Waals surface area contributed by atoms with Gasteiger partial charge < -0.3 is 10.2 Å². The van der Waals surface area contributed by atoms with Crippen molar-refractivity contribution in [3.05, 3.63) is 40.4 Å². The van der Waals surface area contributed by atoms with Crippen LogP contribution in [-0.4, -0.2) is 19.1 Å². The average molecular weight is 287 g/mol. The molecule has 0 bridgehead atoms. The smallest absolute Gasteiger partial charge is 0.190 e. The average Bonchev–Trinajstić information content (AvgIpc) is 2.90. The molecule has 0 amide bonds. The fraction of sp³-hybridized carbons (Fsp3) is 0.438. The predicted molar refractivity (Wildman–Crippen MR) is 86.1 cm³/mol. The number of hydrogen-bond donors (Lipinski definition) is 1. The van der Waals surface area contributed by atoms with Gasteiger partial charge in [0.15, 0.2) is 5.13 Å². The highest BCUT2D eigenvalue weighted by atomic mass is 32.1. The number of fused-ring (bicyclic) bond motifs is 1. The van der Waals surface area contributed by atoms with E-state index in [0.29, 0.717) is 6.04 Å². The first-order valence-electron chi connectivity index (χ1n) is 7.16. The van der Waals surface area contributed by atoms with Crippen LogP contribution in [0.1, 0.15) is 35.0 Å². The molecule has 0 saturated carbocycles. The first-order valence-corrected chi connectivity index (χ1v) is 7.98. The Morgan fingerprint density at radius 3 is 3.00 bits per heavy atom. The van der Waals surface area contributed by atoms with Gasteiger partial charge in [-0.1, -0.05) is 12.1 Å². The van der Waals surface area contributed by atoms with E-state index in [1.54, 1.807) is 0 Å². The topological polar surface area (TPSA) is 28.2 Å². The van der Waals surface area contributed by atoms with Gasteiger partial charge in [-0.25, -0.2) is 4.98 Å². The van der Waals surface area contributed by atoms with Crippen molar-refractivity contribution in [1.82, 2.24) is 10.3 Å². The fourth-order valence-corrected chi connectivity index (χ4v) is 3.92. The second kappa shape index (κ2) is 5.54. The van der Waals surface area contributed by atoms with E-state index in [1.165, 1.54) is 41.1 Å². The van der Waals surface area contributed by atoms with Crippen LogP contribution in [-0.2, 0) is 6.42 Å². The van der Waals surface area contributed by atoms with Crippen molar-refractivity contribution in [2.45, 2.75) is 32.2 Å². The number of hydrogen-bond acceptors (Lipinski definition) is 4. The van der Waals surface area contributed by atoms with Crippen LogP contribution in [0.2, 0.25) is 0 Å². The molecule has 106 valence electrons. The van der Waals surface area contributed by atoms with Gasteiger partial charge in [0.2, 0.25) is 0 Å². The number of rotatable bonds is 3. The zero-order valence-corrected chi connectivity index (χ0v) is 13.1. The number of aromatic nitrogens is 1. The minimum atomic E-state index is 0.426. The van der Waals surface area contributed by atoms with Gasteiger partial charge in [0, 0.05) is 17.6 Å². The van der Waals surface area contributed by atoms with E-state index in [-0.39, 0.29) is 0 Å². The van der Waals surface area contributed by atoms with E-state index in [2.05, 4.69) is 48.5 Å². The number of thiazole rings is 1. The third-order valence-corrected chi connectivity index (χ3v) is 5.17. The molecule has 0 fully saturated rings. The highest BCUT2D eigenvalue weighted by molar-refractivity contribution is 7.15. The molecule has 1 aliphatic carbocycles. The van der Waals surface area contributed by atoms with Gasteiger partial charge in [-0.05, 0) is 50.9 Å². The summed E-state index contributed by atoms with van der Waals surface area (Å²) in [6.45, 7) is 2.13. The Hall–Kier alpha value is -1.39. The van der Waals surface area contributed by atoms with Gasteiger partial charge in [0.1, 0.15) is 0 Å². The van der Waals surface area contributed by atoms with Crippen molar-refractivity contribution < 1.29 is 0 Å². The summed E-state index contributed by atoms with van der Waals surface area (Å²) in [5.41, 5.74) is 3.75. The van der Waals surface area contributed by atoms with Crippen LogP contribution in [0.15, 0.2) is 24.3 Å². The van der Waals surface area contributed by atoms with Crippen LogP contribution < -0.4 is 10.2 Å². The maximum atomic E-state index is 4.89. The van der Waals surface area contributed by atoms with Gasteiger partial charge >= 0.3 is 0 Å². The molecule has 0 radical (unpaired) electrons. The highest BCUT2D eigenvalue weighted by Crippen LogP contribution is 2.38. The third-order valence-electron chi connectivity index (χ3n) is 3.97. The lowest BCUT2D eigenvalue weighted by atomic mass is 9.98. The molecule has 20 heavy (non-hydrogen) atoms. The van der Waals surface area contributed by atoms with E-state index in [0.717, 1.165) is 5.13 Å². The summed E-state index contributed by atoms with van der Waals surface area (Å²) in [7, 11) is 4.14. The Balaban J connectivity index is 1.93. The van der Waals surface area contributed by atoms with Crippen molar-refractivity contribution >= 4 is 22.2 Å². The van der Waals surface area contributed by atoms with E-state index >= 15 is 0 Å². The predicted octanol–water partition coefficient (Wildman–Crippen LogP) is 3.82. The third kappa shape index (κ3) is 2.45. The molecular formula is C16H21N3S. The molecule has 1 aromatic carbocycles. The van der Waals surface area contributed by atoms with Crippen molar-refractivity contribution in [3.63, 3.8) is 0 Å². The van der Waals surface area contributed by atoms with Crippen LogP contribution in [0.3, 0.4) is 0 Å². The molecule has 0 aliphatic heterocycles. The lowest BCUT2D eigenvalue weighted by Crippen LogP contribution is -2.21. The quantitative estimate of drug-likeness (QED) is 0.930. The monoisotopic (exact) mass is 287 g/mol. The van der Waals surface area contributed by atoms with Crippen molar-refractivity contribution in [2.24, 2.45) is 0 Å². The van der Waals surface area contributed by atoms with Crippen molar-refractivity contribution in [3.8, 4) is 0 Å². The number of aryl methyl sites for hydroxylation is 2. The standard InChI is InChI=1S/C16H21N3S/c1-11-6-4-7-12(10-11)19(3)16-18-15-13(17-2)8-5-9-14(15)20-16/h4,6-7,10,13,17H,5,8-9H2,1-3H3. The summed E-state index contributed by atoms with van der Waals surface area (Å²) in [4.78, 5) is 8.54. The van der Waals surface area contributed by atoms with E-state index < -0.39 is 0 Å². The maximum absolute atomic E-state index is 4.89. The van der Waals surface area contributed by atoms with Crippen molar-refractivity contribution in [1.29, 1.82) is 0 Å². The second-order valence-corrected chi connectivity index (χ2v) is 6.50. The zero-order valence-electron chi connectivity index (χ0n) is 12.3. The first kappa shape index (κ1) is 13.6. The Morgan fingerprint density at radius 1 is 1.40 bits per heavy atom. The molecule has 1 aromatic heterocycles. The van der Waals surface area contributed by atoms with Gasteiger partial charge in [-0.3, -0.25) is 0 Å². The van der Waals surface area contributed by atoms with Crippen LogP contribution in [0.4, 0.5) is 10.8 Å². The lowest BCUT2D eigenvalue weighted by Gasteiger charge is -2.20. The number of anilines is 2. The van der Waals surface area contributed by atoms with Gasteiger partial charge in [0.25, 0.3) is 0 Å². The summed E-state index contributed by atoms with van der Waals surface area (Å²) >= 11 is 1.84. The van der Waals surface area contributed by atoms with Crippen LogP contribution in [0.25, 0.3) is 0 Å². The van der Waals surface area contributed by atoms with E-state index in [4.69, 9.17) is 4.98 Å². The summed E-state index contributed by atoms with van der Waals surface area (Å²) in [6.07, 6.45) is 3.63. The molecule has 3 nitrogen and oxygen atoms in total. The molecule has 3 rings (SSSR count). The van der Waals surface area contributed by atoms with Gasteiger partial charge in [0.05, 0.1) is 11.7 Å². The molecule has 0 saturated heterocycles. The van der Waals surface area contributed by atoms with Crippen LogP contribution >= 0.6 is 11.3 Å². The zero-order chi connectivity index (χ0) is 14.1. The molecule has 1 heterocycles. The Bertz CT molecular complexity index is 606. The first-order chi connectivity index (χ1) is 9.69. The minimum absolute atomic E-state index is 0.426. The molecule has 4 heteroatoms.